The number of carbonyl (C=O) groups is 2. The largest absolute Gasteiger partial charge is 0.289 e. The highest BCUT2D eigenvalue weighted by atomic mass is 79.9. The summed E-state index contributed by atoms with van der Waals surface area (Å²) in [6, 6.07) is 58.7. The van der Waals surface area contributed by atoms with E-state index in [1.54, 1.807) is 0 Å². The third kappa shape index (κ3) is 4.80. The molecule has 58 heavy (non-hydrogen) atoms. The van der Waals surface area contributed by atoms with Gasteiger partial charge < -0.3 is 0 Å². The van der Waals surface area contributed by atoms with E-state index in [1.165, 1.54) is 44.5 Å². The molecule has 0 amide bonds. The Labute approximate surface area is 369 Å². The van der Waals surface area contributed by atoms with Crippen LogP contribution in [0, 0.1) is 0 Å². The number of ketones is 2. The number of halogens is 4. The molecule has 0 atom stereocenters. The van der Waals surface area contributed by atoms with Gasteiger partial charge in [0.15, 0.2) is 11.6 Å². The average molecular weight is 1000 g/mol. The number of carbonyl (C=O) groups excluding carboxylic acids is 2. The zero-order valence-electron chi connectivity index (χ0n) is 30.5. The summed E-state index contributed by atoms with van der Waals surface area (Å²) in [5, 5.41) is 0. The Morgan fingerprint density at radius 1 is 0.259 bits per heavy atom. The lowest BCUT2D eigenvalue weighted by molar-refractivity contribution is 0.102. The van der Waals surface area contributed by atoms with Gasteiger partial charge in [0.1, 0.15) is 0 Å². The van der Waals surface area contributed by atoms with E-state index >= 15 is 0 Å². The summed E-state index contributed by atoms with van der Waals surface area (Å²) in [5.41, 5.74) is 16.1. The van der Waals surface area contributed by atoms with Gasteiger partial charge in [-0.25, -0.2) is 0 Å². The van der Waals surface area contributed by atoms with E-state index in [-0.39, 0.29) is 11.6 Å². The first-order valence-electron chi connectivity index (χ1n) is 18.9. The number of hydrogen-bond donors (Lipinski definition) is 0. The number of rotatable bonds is 0. The molecule has 0 unspecified atom stereocenters. The molecule has 4 aliphatic carbocycles. The maximum atomic E-state index is 13.5. The molecule has 0 fully saturated rings. The molecule has 4 aliphatic rings. The van der Waals surface area contributed by atoms with E-state index in [0.29, 0.717) is 0 Å². The third-order valence-corrected chi connectivity index (χ3v) is 14.4. The van der Waals surface area contributed by atoms with Crippen molar-refractivity contribution in [2.45, 2.75) is 10.8 Å². The van der Waals surface area contributed by atoms with Crippen molar-refractivity contribution >= 4 is 75.3 Å². The molecule has 0 saturated carbocycles. The summed E-state index contributed by atoms with van der Waals surface area (Å²) in [4.78, 5) is 27.0. The van der Waals surface area contributed by atoms with Gasteiger partial charge in [0.2, 0.25) is 0 Å². The van der Waals surface area contributed by atoms with Gasteiger partial charge >= 0.3 is 0 Å². The molecule has 0 radical (unpaired) electrons. The maximum absolute atomic E-state index is 13.5. The van der Waals surface area contributed by atoms with Crippen molar-refractivity contribution in [3.63, 3.8) is 0 Å². The van der Waals surface area contributed by atoms with Crippen molar-refractivity contribution in [2.24, 2.45) is 0 Å². The molecule has 276 valence electrons. The highest BCUT2D eigenvalue weighted by Crippen LogP contribution is 2.61. The summed E-state index contributed by atoms with van der Waals surface area (Å²) < 4.78 is 3.78. The molecule has 0 saturated heterocycles. The summed E-state index contributed by atoms with van der Waals surface area (Å²) >= 11 is 14.5. The Morgan fingerprint density at radius 3 is 0.914 bits per heavy atom. The monoisotopic (exact) mass is 1000 g/mol. The highest BCUT2D eigenvalue weighted by Gasteiger charge is 2.53. The lowest BCUT2D eigenvalue weighted by atomic mass is 9.61. The molecule has 0 heterocycles. The summed E-state index contributed by atoms with van der Waals surface area (Å²) in [6.45, 7) is 0. The summed E-state index contributed by atoms with van der Waals surface area (Å²) in [6.07, 6.45) is 0. The molecule has 0 bridgehead atoms. The lowest BCUT2D eigenvalue weighted by Crippen LogP contribution is -2.36. The van der Waals surface area contributed by atoms with Gasteiger partial charge in [-0.3, -0.25) is 9.59 Å². The number of fused-ring (bicyclic) bond motifs is 18. The Kier molecular flexibility index (Phi) is 8.26. The smallest absolute Gasteiger partial charge is 0.193 e. The molecule has 0 N–H and O–H groups in total. The fraction of sp³-hybridized carbons (Fsp3) is 0.0385. The minimum atomic E-state index is -0.515. The standard InChI is InChI=1S/2C26H14Br2O/c27-15-9-11-23-19(13-15)25(29)20-14-16(28)10-12-24(20)26(23)21-7-3-1-5-17(21)18-6-2-4-8-22(18)26;27-15-9-11-19-23(13-15)26(24-14-16(28)10-12-20(24)25(19)29)21-7-3-1-5-17(21)18-6-2-4-8-22(18)26/h2*1-14H. The van der Waals surface area contributed by atoms with Crippen molar-refractivity contribution in [3.05, 3.63) is 255 Å². The van der Waals surface area contributed by atoms with Gasteiger partial charge in [-0.1, -0.05) is 173 Å². The van der Waals surface area contributed by atoms with Gasteiger partial charge in [-0.2, -0.15) is 0 Å². The first-order chi connectivity index (χ1) is 28.2. The predicted octanol–water partition coefficient (Wildman–Crippen LogP) is 14.2. The van der Waals surface area contributed by atoms with Gasteiger partial charge in [-0.15, -0.1) is 0 Å². The lowest BCUT2D eigenvalue weighted by Gasteiger charge is -2.39. The van der Waals surface area contributed by atoms with Gasteiger partial charge in [-0.05, 0) is 127 Å². The van der Waals surface area contributed by atoms with Crippen LogP contribution in [0.3, 0.4) is 0 Å². The Balaban J connectivity index is 0.000000133. The minimum absolute atomic E-state index is 0.0742. The van der Waals surface area contributed by atoms with E-state index in [2.05, 4.69) is 185 Å². The van der Waals surface area contributed by atoms with Crippen LogP contribution in [0.25, 0.3) is 22.3 Å². The highest BCUT2D eigenvalue weighted by molar-refractivity contribution is 9.11. The van der Waals surface area contributed by atoms with Crippen molar-refractivity contribution in [2.75, 3.05) is 0 Å². The van der Waals surface area contributed by atoms with Crippen molar-refractivity contribution < 1.29 is 9.59 Å². The SMILES string of the molecule is O=C1c2cc(Br)ccc2C2(c3ccc(Br)cc31)c1ccccc1-c1ccccc12.O=C1c2ccc(Br)cc2C2(c3cc(Br)ccc31)c1ccccc1-c1ccccc12. The Hall–Kier alpha value is -4.98. The summed E-state index contributed by atoms with van der Waals surface area (Å²) in [7, 11) is 0. The molecule has 8 aromatic carbocycles. The molecular weight excluding hydrogens is 976 g/mol. The second-order valence-electron chi connectivity index (χ2n) is 15.1. The van der Waals surface area contributed by atoms with Crippen LogP contribution < -0.4 is 0 Å². The topological polar surface area (TPSA) is 34.1 Å². The van der Waals surface area contributed by atoms with Crippen LogP contribution in [0.15, 0.2) is 188 Å². The van der Waals surface area contributed by atoms with E-state index in [9.17, 15) is 9.59 Å². The van der Waals surface area contributed by atoms with Crippen LogP contribution in [-0.4, -0.2) is 11.6 Å². The molecule has 8 aromatic rings. The van der Waals surface area contributed by atoms with Crippen LogP contribution in [0.2, 0.25) is 0 Å². The normalized spacial score (nSPS) is 14.9. The third-order valence-electron chi connectivity index (χ3n) is 12.4. The van der Waals surface area contributed by atoms with Crippen molar-refractivity contribution in [1.82, 2.24) is 0 Å². The average Bonchev–Trinajstić information content (AvgIpc) is 3.71. The second-order valence-corrected chi connectivity index (χ2v) is 18.8. The second kappa shape index (κ2) is 13.3. The van der Waals surface area contributed by atoms with E-state index in [0.717, 1.165) is 62.4 Å². The predicted molar refractivity (Wildman–Crippen MR) is 245 cm³/mol. The molecular formula is C52H28Br4O2. The van der Waals surface area contributed by atoms with Gasteiger partial charge in [0.25, 0.3) is 0 Å². The first kappa shape index (κ1) is 36.1. The molecule has 0 aliphatic heterocycles. The summed E-state index contributed by atoms with van der Waals surface area (Å²) in [5.74, 6) is 0.160. The molecule has 0 aromatic heterocycles. The molecule has 2 nitrogen and oxygen atoms in total. The number of hydrogen-bond acceptors (Lipinski definition) is 2. The van der Waals surface area contributed by atoms with E-state index in [1.807, 2.05) is 48.5 Å². The van der Waals surface area contributed by atoms with E-state index < -0.39 is 10.8 Å². The van der Waals surface area contributed by atoms with E-state index in [4.69, 9.17) is 0 Å². The maximum Gasteiger partial charge on any atom is 0.193 e. The quantitative estimate of drug-likeness (QED) is 0.152. The molecule has 12 rings (SSSR count). The Morgan fingerprint density at radius 2 is 0.534 bits per heavy atom. The van der Waals surface area contributed by atoms with Crippen LogP contribution in [-0.2, 0) is 10.8 Å². The molecule has 6 heteroatoms. The van der Waals surface area contributed by atoms with Crippen LogP contribution >= 0.6 is 63.7 Å². The fourth-order valence-electron chi connectivity index (χ4n) is 10.3. The molecule has 2 spiro atoms. The van der Waals surface area contributed by atoms with Gasteiger partial charge in [0.05, 0.1) is 10.8 Å². The fourth-order valence-corrected chi connectivity index (χ4v) is 11.8. The number of benzene rings is 8. The van der Waals surface area contributed by atoms with Crippen LogP contribution in [0.5, 0.6) is 0 Å². The first-order valence-corrected chi connectivity index (χ1v) is 22.1. The minimum Gasteiger partial charge on any atom is -0.289 e. The zero-order chi connectivity index (χ0) is 39.5. The zero-order valence-corrected chi connectivity index (χ0v) is 36.8. The van der Waals surface area contributed by atoms with Crippen molar-refractivity contribution in [1.29, 1.82) is 0 Å². The van der Waals surface area contributed by atoms with Crippen LogP contribution in [0.1, 0.15) is 76.4 Å². The van der Waals surface area contributed by atoms with Crippen LogP contribution in [0.4, 0.5) is 0 Å². The van der Waals surface area contributed by atoms with Crippen molar-refractivity contribution in [3.8, 4) is 22.3 Å². The Bertz CT molecular complexity index is 2920. The van der Waals surface area contributed by atoms with Gasteiger partial charge in [0, 0.05) is 40.1 Å².